The molecule has 2 N–H and O–H groups in total. The van der Waals surface area contributed by atoms with Gasteiger partial charge in [-0.05, 0) is 43.4 Å². The van der Waals surface area contributed by atoms with E-state index in [0.29, 0.717) is 24.5 Å². The van der Waals surface area contributed by atoms with Gasteiger partial charge in [-0.1, -0.05) is 0 Å². The number of hydrogen-bond donors (Lipinski definition) is 1. The standard InChI is InChI=1S/C22H21F6N5O2/c23-21(24,25)11-3-12(22(26,27)28)5-13(4-11)32-15-6-18(20(32)35)31(8-15)9-16(30)19(34)33-14(7-29)1-10-2-17(10)33/h3-5,10,14-18H,1-2,6,8-9,30H2/t10-,14?,15?,16?,17+,18+/m1/s1. The highest BCUT2D eigenvalue weighted by Gasteiger charge is 2.56. The summed E-state index contributed by atoms with van der Waals surface area (Å²) in [4.78, 5) is 30.0. The van der Waals surface area contributed by atoms with E-state index in [9.17, 15) is 41.2 Å². The number of amides is 2. The molecule has 7 nitrogen and oxygen atoms in total. The van der Waals surface area contributed by atoms with E-state index in [2.05, 4.69) is 6.07 Å². The van der Waals surface area contributed by atoms with Crippen LogP contribution in [0.15, 0.2) is 18.2 Å². The lowest BCUT2D eigenvalue weighted by molar-refractivity contribution is -0.143. The van der Waals surface area contributed by atoms with Gasteiger partial charge in [0.1, 0.15) is 6.04 Å². The summed E-state index contributed by atoms with van der Waals surface area (Å²) < 4.78 is 79.5. The van der Waals surface area contributed by atoms with E-state index < -0.39 is 59.2 Å². The first kappa shape index (κ1) is 23.9. The second-order valence-corrected chi connectivity index (χ2v) is 9.63. The molecule has 2 bridgehead atoms. The normalized spacial score (nSPS) is 31.0. The Labute approximate surface area is 196 Å². The number of hydrogen-bond acceptors (Lipinski definition) is 5. The summed E-state index contributed by atoms with van der Waals surface area (Å²) >= 11 is 0. The van der Waals surface area contributed by atoms with Gasteiger partial charge in [0.05, 0.1) is 35.3 Å². The zero-order chi connectivity index (χ0) is 25.4. The molecule has 1 aliphatic carbocycles. The van der Waals surface area contributed by atoms with E-state index in [0.717, 1.165) is 11.3 Å². The minimum Gasteiger partial charge on any atom is -0.322 e. The van der Waals surface area contributed by atoms with Crippen LogP contribution in [0.4, 0.5) is 32.0 Å². The molecule has 0 aromatic heterocycles. The summed E-state index contributed by atoms with van der Waals surface area (Å²) in [5.41, 5.74) is 2.68. The van der Waals surface area contributed by atoms with Gasteiger partial charge in [-0.25, -0.2) is 0 Å². The van der Waals surface area contributed by atoms with Crippen LogP contribution in [0.1, 0.15) is 30.4 Å². The number of halogens is 6. The van der Waals surface area contributed by atoms with Crippen molar-refractivity contribution in [1.82, 2.24) is 9.80 Å². The second-order valence-electron chi connectivity index (χ2n) is 9.63. The Morgan fingerprint density at radius 1 is 1.09 bits per heavy atom. The third-order valence-electron chi connectivity index (χ3n) is 7.38. The lowest BCUT2D eigenvalue weighted by Gasteiger charge is -2.36. The first-order valence-electron chi connectivity index (χ1n) is 11.1. The van der Waals surface area contributed by atoms with E-state index in [1.165, 1.54) is 4.90 Å². The molecule has 35 heavy (non-hydrogen) atoms. The van der Waals surface area contributed by atoms with Crippen LogP contribution in [0.2, 0.25) is 0 Å². The molecule has 13 heteroatoms. The van der Waals surface area contributed by atoms with Crippen molar-refractivity contribution in [3.8, 4) is 6.07 Å². The van der Waals surface area contributed by atoms with Crippen molar-refractivity contribution in [2.75, 3.05) is 18.0 Å². The predicted molar refractivity (Wildman–Crippen MR) is 108 cm³/mol. The highest BCUT2D eigenvalue weighted by atomic mass is 19.4. The second kappa shape index (κ2) is 7.83. The topological polar surface area (TPSA) is 93.7 Å². The molecule has 188 valence electrons. The van der Waals surface area contributed by atoms with E-state index >= 15 is 0 Å². The Hall–Kier alpha value is -2.85. The van der Waals surface area contributed by atoms with Crippen LogP contribution in [-0.2, 0) is 21.9 Å². The van der Waals surface area contributed by atoms with Gasteiger partial charge in [-0.15, -0.1) is 0 Å². The molecular formula is C22H21F6N5O2. The summed E-state index contributed by atoms with van der Waals surface area (Å²) in [5, 5.41) is 9.30. The average molecular weight is 501 g/mol. The van der Waals surface area contributed by atoms with Crippen molar-refractivity contribution in [3.05, 3.63) is 29.3 Å². The number of nitrogens with zero attached hydrogens (tertiary/aromatic N) is 4. The van der Waals surface area contributed by atoms with Crippen LogP contribution in [-0.4, -0.2) is 64.9 Å². The molecule has 0 radical (unpaired) electrons. The number of fused-ring (bicyclic) bond motifs is 3. The van der Waals surface area contributed by atoms with Crippen molar-refractivity contribution in [1.29, 1.82) is 5.26 Å². The van der Waals surface area contributed by atoms with Crippen LogP contribution in [0.3, 0.4) is 0 Å². The van der Waals surface area contributed by atoms with Crippen LogP contribution < -0.4 is 10.6 Å². The Kier molecular flexibility index (Phi) is 5.34. The number of benzene rings is 1. The number of alkyl halides is 6. The maximum atomic E-state index is 13.3. The van der Waals surface area contributed by atoms with Gasteiger partial charge >= 0.3 is 12.4 Å². The lowest BCUT2D eigenvalue weighted by atomic mass is 10.1. The fourth-order valence-electron chi connectivity index (χ4n) is 5.69. The minimum absolute atomic E-state index is 0.00199. The predicted octanol–water partition coefficient (Wildman–Crippen LogP) is 2.35. The van der Waals surface area contributed by atoms with E-state index in [1.54, 1.807) is 4.90 Å². The highest BCUT2D eigenvalue weighted by Crippen LogP contribution is 2.48. The summed E-state index contributed by atoms with van der Waals surface area (Å²) in [5.74, 6) is -0.712. The molecule has 1 saturated carbocycles. The zero-order valence-electron chi connectivity index (χ0n) is 18.2. The number of carbonyl (C=O) groups is 2. The third kappa shape index (κ3) is 4.02. The molecule has 2 amide bonds. The van der Waals surface area contributed by atoms with Crippen molar-refractivity contribution in [2.45, 2.75) is 61.8 Å². The van der Waals surface area contributed by atoms with Crippen molar-refractivity contribution >= 4 is 17.5 Å². The molecule has 3 heterocycles. The van der Waals surface area contributed by atoms with Gasteiger partial charge in [0.2, 0.25) is 11.8 Å². The van der Waals surface area contributed by atoms with E-state index in [-0.39, 0.29) is 37.5 Å². The number of piperidine rings is 1. The monoisotopic (exact) mass is 501 g/mol. The molecular weight excluding hydrogens is 480 g/mol. The van der Waals surface area contributed by atoms with Gasteiger partial charge in [-0.3, -0.25) is 14.5 Å². The summed E-state index contributed by atoms with van der Waals surface area (Å²) in [6.07, 6.45) is -8.40. The maximum absolute atomic E-state index is 13.3. The number of piperazine rings is 1. The van der Waals surface area contributed by atoms with Crippen molar-refractivity contribution < 1.29 is 35.9 Å². The molecule has 1 aromatic rings. The summed E-state index contributed by atoms with van der Waals surface area (Å²) in [6, 6.07) is 0.252. The van der Waals surface area contributed by atoms with Crippen LogP contribution in [0.5, 0.6) is 0 Å². The largest absolute Gasteiger partial charge is 0.416 e. The number of nitriles is 1. The molecule has 3 unspecified atom stereocenters. The number of carbonyl (C=O) groups excluding carboxylic acids is 2. The van der Waals surface area contributed by atoms with Gasteiger partial charge in [-0.2, -0.15) is 31.6 Å². The summed E-state index contributed by atoms with van der Waals surface area (Å²) in [6.45, 7) is 0.157. The van der Waals surface area contributed by atoms with Crippen LogP contribution in [0.25, 0.3) is 0 Å². The molecule has 6 atom stereocenters. The Morgan fingerprint density at radius 3 is 2.26 bits per heavy atom. The molecule has 5 rings (SSSR count). The van der Waals surface area contributed by atoms with Gasteiger partial charge < -0.3 is 15.5 Å². The maximum Gasteiger partial charge on any atom is 0.416 e. The number of rotatable bonds is 4. The molecule has 1 aromatic carbocycles. The SMILES string of the molecule is N#CC1C[C@@H]2C[C@@H]2N1C(=O)C(N)CN1CC2C[C@H]1C(=O)N2c1cc(C(F)(F)F)cc(C(F)(F)F)c1. The molecule has 3 aliphatic heterocycles. The van der Waals surface area contributed by atoms with E-state index in [4.69, 9.17) is 5.73 Å². The number of anilines is 1. The van der Waals surface area contributed by atoms with Crippen molar-refractivity contribution in [3.63, 3.8) is 0 Å². The highest BCUT2D eigenvalue weighted by molar-refractivity contribution is 6.01. The third-order valence-corrected chi connectivity index (χ3v) is 7.38. The van der Waals surface area contributed by atoms with Crippen LogP contribution >= 0.6 is 0 Å². The first-order chi connectivity index (χ1) is 16.3. The first-order valence-corrected chi connectivity index (χ1v) is 11.1. The van der Waals surface area contributed by atoms with Gasteiger partial charge in [0.25, 0.3) is 0 Å². The quantitative estimate of drug-likeness (QED) is 0.640. The van der Waals surface area contributed by atoms with Gasteiger partial charge in [0, 0.05) is 24.8 Å². The molecule has 4 aliphatic rings. The Bertz CT molecular complexity index is 1080. The smallest absolute Gasteiger partial charge is 0.322 e. The summed E-state index contributed by atoms with van der Waals surface area (Å²) in [7, 11) is 0. The van der Waals surface area contributed by atoms with Crippen molar-refractivity contribution in [2.24, 2.45) is 11.7 Å². The molecule has 3 saturated heterocycles. The lowest BCUT2D eigenvalue weighted by Crippen LogP contribution is -2.57. The molecule has 4 fully saturated rings. The number of nitrogens with two attached hydrogens (primary N) is 1. The van der Waals surface area contributed by atoms with E-state index in [1.807, 2.05) is 0 Å². The average Bonchev–Trinajstić information content (AvgIpc) is 3.10. The minimum atomic E-state index is -5.02. The fourth-order valence-corrected chi connectivity index (χ4v) is 5.69. The van der Waals surface area contributed by atoms with Gasteiger partial charge in [0.15, 0.2) is 0 Å². The number of likely N-dealkylation sites (tertiary alicyclic amines) is 2. The zero-order valence-corrected chi connectivity index (χ0v) is 18.2. The van der Waals surface area contributed by atoms with Crippen LogP contribution in [0, 0.1) is 17.2 Å². The molecule has 0 spiro atoms. The Balaban J connectivity index is 1.32. The Morgan fingerprint density at radius 2 is 1.71 bits per heavy atom. The fraction of sp³-hybridized carbons (Fsp3) is 0.591.